The molecule has 0 aliphatic heterocycles. The van der Waals surface area contributed by atoms with E-state index in [1.165, 1.54) is 16.4 Å². The largest absolute Gasteiger partial charge is 0.244 e. The number of fused-ring (bicyclic) bond motifs is 1. The first-order valence-electron chi connectivity index (χ1n) is 8.82. The van der Waals surface area contributed by atoms with Gasteiger partial charge in [-0.25, -0.2) is 13.4 Å². The van der Waals surface area contributed by atoms with E-state index in [0.717, 1.165) is 17.3 Å². The Balaban J connectivity index is 2.03. The number of benzene rings is 2. The predicted octanol–water partition coefficient (Wildman–Crippen LogP) is 6.19. The molecule has 0 saturated carbocycles. The summed E-state index contributed by atoms with van der Waals surface area (Å²) in [5, 5.41) is 1.63. The van der Waals surface area contributed by atoms with Crippen LogP contribution in [0.1, 0.15) is 25.3 Å². The van der Waals surface area contributed by atoms with Crippen molar-refractivity contribution in [3.05, 3.63) is 69.3 Å². The van der Waals surface area contributed by atoms with Crippen LogP contribution in [0.3, 0.4) is 0 Å². The van der Waals surface area contributed by atoms with Gasteiger partial charge >= 0.3 is 0 Å². The fraction of sp³-hybridized carbons (Fsp3) is 0.250. The Kier molecular flexibility index (Phi) is 6.84. The quantitative estimate of drug-likeness (QED) is 0.398. The SMILES string of the molecule is CCCCN(Cc1cc2ccccc2nc1Cl)S(=O)(=O)c1cc(Cl)ccc1Cl. The molecule has 0 N–H and O–H groups in total. The van der Waals surface area contributed by atoms with Crippen LogP contribution in [0.15, 0.2) is 53.4 Å². The molecule has 1 heterocycles. The van der Waals surface area contributed by atoms with E-state index < -0.39 is 10.0 Å². The average Bonchev–Trinajstić information content (AvgIpc) is 2.67. The smallest absolute Gasteiger partial charge is 0.236 e. The first kappa shape index (κ1) is 21.3. The molecule has 0 aliphatic carbocycles. The molecule has 0 saturated heterocycles. The summed E-state index contributed by atoms with van der Waals surface area (Å²) in [6.07, 6.45) is 1.55. The van der Waals surface area contributed by atoms with Crippen LogP contribution in [0, 0.1) is 0 Å². The Labute approximate surface area is 180 Å². The molecular formula is C20H19Cl3N2O2S. The molecule has 8 heteroatoms. The van der Waals surface area contributed by atoms with E-state index in [1.54, 1.807) is 6.07 Å². The number of unbranched alkanes of at least 4 members (excludes halogenated alkanes) is 1. The summed E-state index contributed by atoms with van der Waals surface area (Å²) in [5.74, 6) is 0. The number of rotatable bonds is 7. The molecule has 0 unspecified atom stereocenters. The number of nitrogens with zero attached hydrogens (tertiary/aromatic N) is 2. The van der Waals surface area contributed by atoms with Crippen LogP contribution in [0.4, 0.5) is 0 Å². The van der Waals surface area contributed by atoms with Crippen LogP contribution in [0.25, 0.3) is 10.9 Å². The van der Waals surface area contributed by atoms with Crippen LogP contribution in [-0.2, 0) is 16.6 Å². The van der Waals surface area contributed by atoms with Crippen molar-refractivity contribution < 1.29 is 8.42 Å². The summed E-state index contributed by atoms with van der Waals surface area (Å²) in [6, 6.07) is 13.9. The van der Waals surface area contributed by atoms with Crippen molar-refractivity contribution in [1.29, 1.82) is 0 Å². The molecule has 148 valence electrons. The third kappa shape index (κ3) is 4.61. The summed E-state index contributed by atoms with van der Waals surface area (Å²) < 4.78 is 28.0. The number of halogens is 3. The van der Waals surface area contributed by atoms with Crippen LogP contribution >= 0.6 is 34.8 Å². The normalized spacial score (nSPS) is 12.0. The fourth-order valence-electron chi connectivity index (χ4n) is 2.87. The van der Waals surface area contributed by atoms with Crippen molar-refractivity contribution in [2.75, 3.05) is 6.54 Å². The van der Waals surface area contributed by atoms with Crippen molar-refractivity contribution in [2.45, 2.75) is 31.2 Å². The lowest BCUT2D eigenvalue weighted by atomic mass is 10.1. The van der Waals surface area contributed by atoms with Gasteiger partial charge in [0.25, 0.3) is 0 Å². The van der Waals surface area contributed by atoms with Crippen molar-refractivity contribution in [3.63, 3.8) is 0 Å². The molecular weight excluding hydrogens is 439 g/mol. The number of para-hydroxylation sites is 1. The lowest BCUT2D eigenvalue weighted by Gasteiger charge is -2.23. The molecule has 0 fully saturated rings. The van der Waals surface area contributed by atoms with Gasteiger partial charge in [-0.1, -0.05) is 66.3 Å². The van der Waals surface area contributed by atoms with Gasteiger partial charge < -0.3 is 0 Å². The Hall–Kier alpha value is -1.37. The van der Waals surface area contributed by atoms with Crippen LogP contribution in [-0.4, -0.2) is 24.3 Å². The van der Waals surface area contributed by atoms with Crippen LogP contribution in [0.2, 0.25) is 15.2 Å². The van der Waals surface area contributed by atoms with Gasteiger partial charge in [-0.05, 0) is 36.8 Å². The molecule has 0 amide bonds. The van der Waals surface area contributed by atoms with Gasteiger partial charge in [0.2, 0.25) is 10.0 Å². The lowest BCUT2D eigenvalue weighted by molar-refractivity contribution is 0.398. The Morgan fingerprint density at radius 3 is 2.54 bits per heavy atom. The number of pyridine rings is 1. The summed E-state index contributed by atoms with van der Waals surface area (Å²) in [6.45, 7) is 2.44. The van der Waals surface area contributed by atoms with E-state index in [2.05, 4.69) is 4.98 Å². The summed E-state index contributed by atoms with van der Waals surface area (Å²) >= 11 is 18.5. The van der Waals surface area contributed by atoms with Gasteiger partial charge in [-0.15, -0.1) is 0 Å². The van der Waals surface area contributed by atoms with Crippen LogP contribution < -0.4 is 0 Å². The van der Waals surface area contributed by atoms with E-state index in [4.69, 9.17) is 34.8 Å². The molecule has 2 aromatic carbocycles. The minimum Gasteiger partial charge on any atom is -0.236 e. The third-order valence-corrected chi connectivity index (χ3v) is 7.26. The number of hydrogen-bond donors (Lipinski definition) is 0. The molecule has 3 aromatic rings. The molecule has 0 bridgehead atoms. The highest BCUT2D eigenvalue weighted by Crippen LogP contribution is 2.30. The van der Waals surface area contributed by atoms with Crippen molar-refractivity contribution in [2.24, 2.45) is 0 Å². The van der Waals surface area contributed by atoms with Crippen molar-refractivity contribution in [1.82, 2.24) is 9.29 Å². The third-order valence-electron chi connectivity index (χ3n) is 4.37. The first-order chi connectivity index (χ1) is 13.3. The molecule has 0 spiro atoms. The van der Waals surface area contributed by atoms with Gasteiger partial charge in [0.1, 0.15) is 10.0 Å². The van der Waals surface area contributed by atoms with Crippen LogP contribution in [0.5, 0.6) is 0 Å². The standard InChI is InChI=1S/C20H19Cl3N2O2S/c1-2-3-10-25(28(26,27)19-12-16(21)8-9-17(19)22)13-15-11-14-6-4-5-7-18(14)24-20(15)23/h4-9,11-12H,2-3,10,13H2,1H3. The van der Waals surface area contributed by atoms with Gasteiger partial charge in [-0.3, -0.25) is 0 Å². The fourth-order valence-corrected chi connectivity index (χ4v) is 5.27. The zero-order valence-corrected chi connectivity index (χ0v) is 18.3. The predicted molar refractivity (Wildman–Crippen MR) is 116 cm³/mol. The lowest BCUT2D eigenvalue weighted by Crippen LogP contribution is -2.32. The summed E-state index contributed by atoms with van der Waals surface area (Å²) in [7, 11) is -3.86. The maximum atomic E-state index is 13.3. The zero-order chi connectivity index (χ0) is 20.3. The van der Waals surface area contributed by atoms with E-state index in [-0.39, 0.29) is 21.6 Å². The second kappa shape index (κ2) is 8.97. The average molecular weight is 458 g/mol. The van der Waals surface area contributed by atoms with Gasteiger partial charge in [0, 0.05) is 29.1 Å². The summed E-state index contributed by atoms with van der Waals surface area (Å²) in [4.78, 5) is 4.38. The van der Waals surface area contributed by atoms with E-state index in [9.17, 15) is 8.42 Å². The highest BCUT2D eigenvalue weighted by molar-refractivity contribution is 7.89. The number of hydrogen-bond acceptors (Lipinski definition) is 3. The number of sulfonamides is 1. The van der Waals surface area contributed by atoms with Gasteiger partial charge in [0.05, 0.1) is 10.5 Å². The summed E-state index contributed by atoms with van der Waals surface area (Å²) in [5.41, 5.74) is 1.40. The van der Waals surface area contributed by atoms with Crippen molar-refractivity contribution in [3.8, 4) is 0 Å². The molecule has 0 atom stereocenters. The zero-order valence-electron chi connectivity index (χ0n) is 15.2. The Bertz CT molecular complexity index is 1100. The minimum absolute atomic E-state index is 0.0114. The topological polar surface area (TPSA) is 50.3 Å². The molecule has 4 nitrogen and oxygen atoms in total. The van der Waals surface area contributed by atoms with E-state index in [1.807, 2.05) is 37.3 Å². The van der Waals surface area contributed by atoms with Gasteiger partial charge in [0.15, 0.2) is 0 Å². The maximum Gasteiger partial charge on any atom is 0.244 e. The Morgan fingerprint density at radius 1 is 1.04 bits per heavy atom. The second-order valence-electron chi connectivity index (χ2n) is 6.40. The molecule has 0 radical (unpaired) electrons. The first-order valence-corrected chi connectivity index (χ1v) is 11.4. The Morgan fingerprint density at radius 2 is 1.79 bits per heavy atom. The monoisotopic (exact) mass is 456 g/mol. The number of aromatic nitrogens is 1. The maximum absolute atomic E-state index is 13.3. The highest BCUT2D eigenvalue weighted by Gasteiger charge is 2.27. The molecule has 28 heavy (non-hydrogen) atoms. The highest BCUT2D eigenvalue weighted by atomic mass is 35.5. The van der Waals surface area contributed by atoms with E-state index >= 15 is 0 Å². The molecule has 1 aromatic heterocycles. The van der Waals surface area contributed by atoms with E-state index in [0.29, 0.717) is 23.6 Å². The minimum atomic E-state index is -3.86. The molecule has 3 rings (SSSR count). The van der Waals surface area contributed by atoms with Crippen molar-refractivity contribution >= 4 is 55.7 Å². The van der Waals surface area contributed by atoms with Gasteiger partial charge in [-0.2, -0.15) is 4.31 Å². The second-order valence-corrected chi connectivity index (χ2v) is 9.51. The molecule has 0 aliphatic rings.